The van der Waals surface area contributed by atoms with Gasteiger partial charge in [-0.15, -0.1) is 0 Å². The highest BCUT2D eigenvalue weighted by atomic mass is 127. The first kappa shape index (κ1) is 3.61. The first-order chi connectivity index (χ1) is 2.31. The first-order valence-corrected chi connectivity index (χ1v) is 6.88. The lowest BCUT2D eigenvalue weighted by Crippen LogP contribution is -1.54. The van der Waals surface area contributed by atoms with E-state index >= 15 is 0 Å². The minimum absolute atomic E-state index is 0.645. The van der Waals surface area contributed by atoms with Crippen molar-refractivity contribution in [2.45, 2.75) is 2.64 Å². The van der Waals surface area contributed by atoms with E-state index in [4.69, 9.17) is 0 Å². The monoisotopic (exact) mass is 232 g/mol. The minimum atomic E-state index is 0.645. The zero-order chi connectivity index (χ0) is 3.49. The van der Waals surface area contributed by atoms with Gasteiger partial charge in [-0.25, -0.2) is 0 Å². The number of fused-ring (bicyclic) bond motifs is 1. The van der Waals surface area contributed by atoms with Crippen LogP contribution in [0, 0.1) is 0 Å². The molecule has 0 fully saturated rings. The molecule has 26 valence electrons. The maximum absolute atomic E-state index is 2.57. The van der Waals surface area contributed by atoms with Crippen LogP contribution in [0.25, 0.3) is 0 Å². The second kappa shape index (κ2) is 0.757. The van der Waals surface area contributed by atoms with Crippen LogP contribution in [0.2, 0.25) is 0 Å². The molecule has 0 aromatic heterocycles. The van der Waals surface area contributed by atoms with E-state index in [2.05, 4.69) is 22.6 Å². The van der Waals surface area contributed by atoms with Gasteiger partial charge in [0.15, 0.2) is 2.64 Å². The van der Waals surface area contributed by atoms with Gasteiger partial charge in [0, 0.05) is 0 Å². The summed E-state index contributed by atoms with van der Waals surface area (Å²) in [7, 11) is 3.56. The Morgan fingerprint density at radius 1 is 1.60 bits per heavy atom. The van der Waals surface area contributed by atoms with Gasteiger partial charge in [-0.1, -0.05) is 0 Å². The van der Waals surface area contributed by atoms with E-state index < -0.39 is 0 Å². The topological polar surface area (TPSA) is 0 Å². The van der Waals surface area contributed by atoms with Gasteiger partial charge in [0.1, 0.15) is 0 Å². The molecule has 0 saturated heterocycles. The molecule has 0 N–H and O–H groups in total. The van der Waals surface area contributed by atoms with Gasteiger partial charge in [-0.3, -0.25) is 0 Å². The number of alkyl halides is 1. The lowest BCUT2D eigenvalue weighted by molar-refractivity contribution is 2.12. The number of halogens is 1. The Morgan fingerprint density at radius 3 is 1.80 bits per heavy atom. The van der Waals surface area contributed by atoms with Crippen LogP contribution in [0.5, 0.6) is 0 Å². The fraction of sp³-hybridized carbons (Fsp3) is 1.00. The fourth-order valence-corrected chi connectivity index (χ4v) is 14.1. The quantitative estimate of drug-likeness (QED) is 0.341. The molecule has 0 nitrogen and oxygen atoms in total. The summed E-state index contributed by atoms with van der Waals surface area (Å²) >= 11 is 2.57. The molecule has 0 aliphatic carbocycles. The van der Waals surface area contributed by atoms with Crippen LogP contribution in [0.3, 0.4) is 0 Å². The summed E-state index contributed by atoms with van der Waals surface area (Å²) in [5.41, 5.74) is 0. The standard InChI is InChI=1S/CIP3/c2-1-3-5(1)4-1. The largest absolute Gasteiger partial charge is 0.157 e. The molecule has 4 heteroatoms. The molecule has 0 amide bonds. The van der Waals surface area contributed by atoms with Crippen molar-refractivity contribution in [3.05, 3.63) is 0 Å². The normalized spacial score (nSPS) is 66.2. The van der Waals surface area contributed by atoms with Crippen LogP contribution < -0.4 is 0 Å². The Hall–Kier alpha value is 1.63. The second-order valence-corrected chi connectivity index (χ2v) is 13.8. The molecule has 5 heavy (non-hydrogen) atoms. The van der Waals surface area contributed by atoms with Crippen LogP contribution in [-0.2, 0) is 0 Å². The van der Waals surface area contributed by atoms with Crippen molar-refractivity contribution in [1.82, 2.24) is 0 Å². The number of hydrogen-bond acceptors (Lipinski definition) is 0. The first-order valence-electron chi connectivity index (χ1n) is 1.26. The van der Waals surface area contributed by atoms with Crippen molar-refractivity contribution in [3.63, 3.8) is 0 Å². The van der Waals surface area contributed by atoms with E-state index in [0.717, 1.165) is 2.64 Å². The predicted molar refractivity (Wildman–Crippen MR) is 37.5 cm³/mol. The van der Waals surface area contributed by atoms with Gasteiger partial charge in [0.05, 0.1) is 0 Å². The molecular weight excluding hydrogens is 232 g/mol. The Morgan fingerprint density at radius 2 is 1.80 bits per heavy atom. The van der Waals surface area contributed by atoms with Gasteiger partial charge in [-0.05, 0) is 44.8 Å². The molecule has 2 rings (SSSR count). The van der Waals surface area contributed by atoms with Crippen LogP contribution in [-0.4, -0.2) is 2.64 Å². The molecule has 2 heterocycles. The van der Waals surface area contributed by atoms with Crippen molar-refractivity contribution in [3.8, 4) is 0 Å². The molecular formula is CIP3. The van der Waals surface area contributed by atoms with Crippen LogP contribution in [0.15, 0.2) is 0 Å². The van der Waals surface area contributed by atoms with E-state index in [1.54, 1.807) is 15.7 Å². The van der Waals surface area contributed by atoms with E-state index in [1.165, 1.54) is 0 Å². The van der Waals surface area contributed by atoms with Crippen LogP contribution in [0.1, 0.15) is 0 Å². The molecule has 0 aromatic carbocycles. The van der Waals surface area contributed by atoms with Gasteiger partial charge in [0.2, 0.25) is 0 Å². The molecule has 2 aliphatic heterocycles. The van der Waals surface area contributed by atoms with Gasteiger partial charge < -0.3 is 0 Å². The van der Waals surface area contributed by atoms with Gasteiger partial charge >= 0.3 is 0 Å². The maximum Gasteiger partial charge on any atom is 0.157 e. The average Bonchev–Trinajstić information content (AvgIpc) is 1.74. The Kier molecular flexibility index (Phi) is 0.546. The van der Waals surface area contributed by atoms with E-state index in [1.807, 2.05) is 0 Å². The summed E-state index contributed by atoms with van der Waals surface area (Å²) in [5.74, 6) is 0. The molecule has 0 atom stereocenters. The molecule has 0 saturated carbocycles. The highest BCUT2D eigenvalue weighted by molar-refractivity contribution is 14.1. The van der Waals surface area contributed by atoms with Crippen molar-refractivity contribution in [1.29, 1.82) is 0 Å². The highest BCUT2D eigenvalue weighted by Crippen LogP contribution is 2.96. The zero-order valence-corrected chi connectivity index (χ0v) is 7.06. The highest BCUT2D eigenvalue weighted by Gasteiger charge is 2.49. The summed E-state index contributed by atoms with van der Waals surface area (Å²) in [4.78, 5) is 0. The fourth-order valence-electron chi connectivity index (χ4n) is 0.201. The van der Waals surface area contributed by atoms with Crippen molar-refractivity contribution >= 4 is 44.8 Å². The lowest BCUT2D eigenvalue weighted by Gasteiger charge is -1.68. The minimum Gasteiger partial charge on any atom is -0.0477 e. The van der Waals surface area contributed by atoms with Gasteiger partial charge in [0.25, 0.3) is 0 Å². The number of hydrogen-bond donors (Lipinski definition) is 0. The molecule has 0 spiro atoms. The smallest absolute Gasteiger partial charge is 0.0477 e. The van der Waals surface area contributed by atoms with Crippen molar-refractivity contribution < 1.29 is 0 Å². The summed E-state index contributed by atoms with van der Waals surface area (Å²) < 4.78 is 0.896. The summed E-state index contributed by atoms with van der Waals surface area (Å²) in [6.45, 7) is 0.645. The van der Waals surface area contributed by atoms with E-state index in [0.29, 0.717) is 6.50 Å². The van der Waals surface area contributed by atoms with Crippen LogP contribution >= 0.6 is 44.8 Å². The summed E-state index contributed by atoms with van der Waals surface area (Å²) in [6, 6.07) is 0. The third-order valence-corrected chi connectivity index (χ3v) is 18.2. The molecule has 0 aromatic rings. The molecule has 0 radical (unpaired) electrons. The van der Waals surface area contributed by atoms with E-state index in [9.17, 15) is 0 Å². The van der Waals surface area contributed by atoms with Crippen molar-refractivity contribution in [2.75, 3.05) is 0 Å². The third kappa shape index (κ3) is 0.399. The Balaban J connectivity index is 2.76. The Bertz CT molecular complexity index is 150. The maximum atomic E-state index is 2.57. The SMILES string of the molecule is IC12P=P1=P2. The second-order valence-electron chi connectivity index (χ2n) is 1.04. The van der Waals surface area contributed by atoms with Gasteiger partial charge in [-0.2, -0.15) is 0 Å². The number of rotatable bonds is 0. The summed E-state index contributed by atoms with van der Waals surface area (Å²) in [6.07, 6.45) is 0. The van der Waals surface area contributed by atoms with Crippen molar-refractivity contribution in [2.24, 2.45) is 0 Å². The van der Waals surface area contributed by atoms with E-state index in [-0.39, 0.29) is 0 Å². The Labute approximate surface area is 47.5 Å². The average molecular weight is 232 g/mol. The summed E-state index contributed by atoms with van der Waals surface area (Å²) in [5, 5.41) is 0. The zero-order valence-electron chi connectivity index (χ0n) is 2.22. The predicted octanol–water partition coefficient (Wildman–Crippen LogP) is 3.26. The molecule has 0 bridgehead atoms. The third-order valence-electron chi connectivity index (χ3n) is 0.620. The lowest BCUT2D eigenvalue weighted by atomic mass is 11.9. The molecule has 0 unspecified atom stereocenters. The molecule has 2 aliphatic rings. The van der Waals surface area contributed by atoms with Crippen LogP contribution in [0.4, 0.5) is 0 Å².